The Morgan fingerprint density at radius 3 is 2.68 bits per heavy atom. The lowest BCUT2D eigenvalue weighted by Gasteiger charge is -2.24. The van der Waals surface area contributed by atoms with Crippen LogP contribution in [0.25, 0.3) is 0 Å². The van der Waals surface area contributed by atoms with Gasteiger partial charge in [0, 0.05) is 19.5 Å². The summed E-state index contributed by atoms with van der Waals surface area (Å²) in [7, 11) is -3.16. The van der Waals surface area contributed by atoms with Crippen LogP contribution >= 0.6 is 0 Å². The van der Waals surface area contributed by atoms with Gasteiger partial charge in [0.2, 0.25) is 10.0 Å². The average Bonchev–Trinajstić information content (AvgIpc) is 3.06. The molecule has 0 amide bonds. The van der Waals surface area contributed by atoms with Crippen molar-refractivity contribution in [1.29, 1.82) is 0 Å². The molecule has 2 aliphatic heterocycles. The van der Waals surface area contributed by atoms with Gasteiger partial charge in [-0.3, -0.25) is 0 Å². The van der Waals surface area contributed by atoms with Crippen molar-refractivity contribution in [3.05, 3.63) is 11.6 Å². The third kappa shape index (κ3) is 2.69. The predicted molar refractivity (Wildman–Crippen MR) is 82.8 cm³/mol. The van der Waals surface area contributed by atoms with E-state index in [1.165, 1.54) is 6.42 Å². The van der Waals surface area contributed by atoms with Crippen molar-refractivity contribution in [2.75, 3.05) is 12.3 Å². The predicted octanol–water partition coefficient (Wildman–Crippen LogP) is 1.88. The molecule has 1 aromatic rings. The summed E-state index contributed by atoms with van der Waals surface area (Å²) in [6.45, 7) is 1.58. The minimum Gasteiger partial charge on any atom is -0.314 e. The molecule has 122 valence electrons. The van der Waals surface area contributed by atoms with E-state index in [0.717, 1.165) is 63.1 Å². The van der Waals surface area contributed by atoms with Crippen LogP contribution in [0, 0.1) is 5.92 Å². The first-order chi connectivity index (χ1) is 10.6. The first kappa shape index (κ1) is 14.6. The van der Waals surface area contributed by atoms with Crippen LogP contribution in [0.1, 0.15) is 62.6 Å². The van der Waals surface area contributed by atoms with Gasteiger partial charge in [0.15, 0.2) is 5.82 Å². The summed E-state index contributed by atoms with van der Waals surface area (Å²) >= 11 is 0. The van der Waals surface area contributed by atoms with Crippen LogP contribution in [0.5, 0.6) is 0 Å². The maximum absolute atomic E-state index is 12.7. The van der Waals surface area contributed by atoms with E-state index in [4.69, 9.17) is 0 Å². The van der Waals surface area contributed by atoms with Crippen molar-refractivity contribution < 1.29 is 8.42 Å². The number of nitrogens with zero attached hydrogens (tertiary/aromatic N) is 4. The topological polar surface area (TPSA) is 68.1 Å². The Kier molecular flexibility index (Phi) is 3.72. The monoisotopic (exact) mass is 324 g/mol. The van der Waals surface area contributed by atoms with E-state index >= 15 is 0 Å². The van der Waals surface area contributed by atoms with Crippen LogP contribution in [0.15, 0.2) is 0 Å². The van der Waals surface area contributed by atoms with E-state index in [1.807, 2.05) is 0 Å². The molecule has 0 unspecified atom stereocenters. The standard InChI is InChI=1S/C15H24N4O2S/c20-22(21,11-12-7-8-12)19-10-4-5-13(19)15-17-16-14-6-2-1-3-9-18(14)15/h12-13H,1-11H2/t13-/m0/s1. The van der Waals surface area contributed by atoms with Crippen LogP contribution in [0.3, 0.4) is 0 Å². The zero-order valence-corrected chi connectivity index (χ0v) is 13.8. The Morgan fingerprint density at radius 2 is 1.86 bits per heavy atom. The van der Waals surface area contributed by atoms with Crippen LogP contribution in [-0.4, -0.2) is 39.8 Å². The van der Waals surface area contributed by atoms with Gasteiger partial charge in [-0.05, 0) is 44.4 Å². The number of sulfonamides is 1. The van der Waals surface area contributed by atoms with E-state index in [2.05, 4.69) is 14.8 Å². The fourth-order valence-electron chi connectivity index (χ4n) is 3.76. The molecule has 4 rings (SSSR count). The lowest BCUT2D eigenvalue weighted by Crippen LogP contribution is -2.34. The molecule has 6 nitrogen and oxygen atoms in total. The van der Waals surface area contributed by atoms with E-state index < -0.39 is 10.0 Å². The summed E-state index contributed by atoms with van der Waals surface area (Å²) in [6.07, 6.45) is 8.42. The van der Waals surface area contributed by atoms with E-state index in [1.54, 1.807) is 4.31 Å². The second-order valence-corrected chi connectivity index (χ2v) is 8.89. The summed E-state index contributed by atoms with van der Waals surface area (Å²) in [4.78, 5) is 0. The molecule has 2 fully saturated rings. The quantitative estimate of drug-likeness (QED) is 0.848. The zero-order chi connectivity index (χ0) is 15.2. The molecule has 1 saturated carbocycles. The summed E-state index contributed by atoms with van der Waals surface area (Å²) in [5.41, 5.74) is 0. The van der Waals surface area contributed by atoms with E-state index in [0.29, 0.717) is 18.2 Å². The minimum atomic E-state index is -3.16. The van der Waals surface area contributed by atoms with Gasteiger partial charge in [-0.15, -0.1) is 10.2 Å². The normalized spacial score (nSPS) is 26.8. The van der Waals surface area contributed by atoms with Crippen molar-refractivity contribution in [3.8, 4) is 0 Å². The Labute approximate surface area is 132 Å². The van der Waals surface area contributed by atoms with Crippen molar-refractivity contribution in [1.82, 2.24) is 19.1 Å². The summed E-state index contributed by atoms with van der Waals surface area (Å²) in [5, 5.41) is 8.73. The highest BCUT2D eigenvalue weighted by Gasteiger charge is 2.40. The first-order valence-electron chi connectivity index (χ1n) is 8.56. The molecule has 1 aliphatic carbocycles. The summed E-state index contributed by atoms with van der Waals surface area (Å²) in [6, 6.07) is -0.0944. The highest BCUT2D eigenvalue weighted by atomic mass is 32.2. The molecule has 0 aromatic carbocycles. The van der Waals surface area contributed by atoms with Crippen LogP contribution in [0.4, 0.5) is 0 Å². The van der Waals surface area contributed by atoms with Crippen LogP contribution in [-0.2, 0) is 23.0 Å². The van der Waals surface area contributed by atoms with E-state index in [9.17, 15) is 8.42 Å². The molecule has 1 aromatic heterocycles. The maximum atomic E-state index is 12.7. The Morgan fingerprint density at radius 1 is 1.00 bits per heavy atom. The number of aryl methyl sites for hydroxylation is 1. The molecule has 0 radical (unpaired) electrons. The molecule has 0 bridgehead atoms. The highest BCUT2D eigenvalue weighted by molar-refractivity contribution is 7.89. The molecule has 22 heavy (non-hydrogen) atoms. The van der Waals surface area contributed by atoms with Crippen molar-refractivity contribution in [2.45, 2.75) is 64.0 Å². The third-order valence-corrected chi connectivity index (χ3v) is 7.18. The van der Waals surface area contributed by atoms with Gasteiger partial charge in [0.25, 0.3) is 0 Å². The van der Waals surface area contributed by atoms with Gasteiger partial charge in [-0.25, -0.2) is 8.42 Å². The second-order valence-electron chi connectivity index (χ2n) is 6.93. The van der Waals surface area contributed by atoms with Gasteiger partial charge >= 0.3 is 0 Å². The molecule has 3 heterocycles. The number of fused-ring (bicyclic) bond motifs is 1. The molecule has 3 aliphatic rings. The van der Waals surface area contributed by atoms with Gasteiger partial charge in [0.05, 0.1) is 11.8 Å². The van der Waals surface area contributed by atoms with Crippen molar-refractivity contribution >= 4 is 10.0 Å². The lowest BCUT2D eigenvalue weighted by molar-refractivity contribution is 0.369. The molecular formula is C15H24N4O2S. The zero-order valence-electron chi connectivity index (χ0n) is 12.9. The largest absolute Gasteiger partial charge is 0.314 e. The first-order valence-corrected chi connectivity index (χ1v) is 10.2. The van der Waals surface area contributed by atoms with Crippen molar-refractivity contribution in [3.63, 3.8) is 0 Å². The number of hydrogen-bond acceptors (Lipinski definition) is 4. The third-order valence-electron chi connectivity index (χ3n) is 5.14. The maximum Gasteiger partial charge on any atom is 0.215 e. The Hall–Kier alpha value is -0.950. The average molecular weight is 324 g/mol. The smallest absolute Gasteiger partial charge is 0.215 e. The molecular weight excluding hydrogens is 300 g/mol. The number of hydrogen-bond donors (Lipinski definition) is 0. The van der Waals surface area contributed by atoms with Gasteiger partial charge in [0.1, 0.15) is 5.82 Å². The second kappa shape index (κ2) is 5.60. The fourth-order valence-corrected chi connectivity index (χ4v) is 5.88. The highest BCUT2D eigenvalue weighted by Crippen LogP contribution is 2.38. The van der Waals surface area contributed by atoms with Crippen molar-refractivity contribution in [2.24, 2.45) is 5.92 Å². The van der Waals surface area contributed by atoms with Crippen LogP contribution < -0.4 is 0 Å². The Bertz CT molecular complexity index is 650. The number of rotatable bonds is 4. The molecule has 7 heteroatoms. The SMILES string of the molecule is O=S(=O)(CC1CC1)N1CCC[C@H]1c1nnc2n1CCCCC2. The van der Waals surface area contributed by atoms with Gasteiger partial charge in [-0.1, -0.05) is 6.42 Å². The van der Waals surface area contributed by atoms with E-state index in [-0.39, 0.29) is 6.04 Å². The molecule has 1 atom stereocenters. The van der Waals surface area contributed by atoms with Gasteiger partial charge in [-0.2, -0.15) is 4.31 Å². The Balaban J connectivity index is 1.62. The molecule has 0 spiro atoms. The fraction of sp³-hybridized carbons (Fsp3) is 0.867. The molecule has 1 saturated heterocycles. The number of aromatic nitrogens is 3. The minimum absolute atomic E-state index is 0.0944. The lowest BCUT2D eigenvalue weighted by atomic mass is 10.2. The van der Waals surface area contributed by atoms with Gasteiger partial charge < -0.3 is 4.57 Å². The molecule has 0 N–H and O–H groups in total. The van der Waals surface area contributed by atoms with Crippen LogP contribution in [0.2, 0.25) is 0 Å². The summed E-state index contributed by atoms with van der Waals surface area (Å²) in [5.74, 6) is 2.64. The summed E-state index contributed by atoms with van der Waals surface area (Å²) < 4.78 is 29.3.